The van der Waals surface area contributed by atoms with Crippen LogP contribution in [-0.2, 0) is 4.79 Å². The Kier molecular flexibility index (Phi) is 8.74. The summed E-state index contributed by atoms with van der Waals surface area (Å²) in [6.07, 6.45) is 2.53. The van der Waals surface area contributed by atoms with E-state index >= 15 is 0 Å². The second kappa shape index (κ2) is 11.3. The number of rotatable bonds is 10. The van der Waals surface area contributed by atoms with Crippen molar-refractivity contribution in [3.8, 4) is 11.5 Å². The molecular formula is C20H32N4O3. The minimum absolute atomic E-state index is 0.0604. The smallest absolute Gasteiger partial charge is 0.222 e. The van der Waals surface area contributed by atoms with Gasteiger partial charge in [0.15, 0.2) is 5.96 Å². The van der Waals surface area contributed by atoms with Crippen molar-refractivity contribution < 1.29 is 14.3 Å². The minimum Gasteiger partial charge on any atom is -0.497 e. The van der Waals surface area contributed by atoms with E-state index in [-0.39, 0.29) is 12.0 Å². The Morgan fingerprint density at radius 1 is 1.33 bits per heavy atom. The second-order valence-electron chi connectivity index (χ2n) is 6.59. The molecule has 2 N–H and O–H groups in total. The Morgan fingerprint density at radius 2 is 2.15 bits per heavy atom. The predicted octanol–water partition coefficient (Wildman–Crippen LogP) is 2.03. The van der Waals surface area contributed by atoms with E-state index in [0.29, 0.717) is 13.0 Å². The van der Waals surface area contributed by atoms with Crippen LogP contribution in [0, 0.1) is 0 Å². The summed E-state index contributed by atoms with van der Waals surface area (Å²) >= 11 is 0. The van der Waals surface area contributed by atoms with Crippen LogP contribution in [0.5, 0.6) is 11.5 Å². The predicted molar refractivity (Wildman–Crippen MR) is 107 cm³/mol. The van der Waals surface area contributed by atoms with E-state index in [1.54, 1.807) is 7.11 Å². The van der Waals surface area contributed by atoms with Gasteiger partial charge in [0.1, 0.15) is 17.6 Å². The zero-order valence-electron chi connectivity index (χ0n) is 16.7. The van der Waals surface area contributed by atoms with Gasteiger partial charge in [0.25, 0.3) is 0 Å². The number of hydrogen-bond donors (Lipinski definition) is 2. The fourth-order valence-electron chi connectivity index (χ4n) is 2.92. The average molecular weight is 377 g/mol. The number of likely N-dealkylation sites (tertiary alicyclic amines) is 1. The minimum atomic E-state index is -0.0604. The van der Waals surface area contributed by atoms with E-state index in [1.165, 1.54) is 0 Å². The SMILES string of the molecule is CCNC(=NCC(C)Oc1cccc(OC)c1)NCCCN1CCCC1=O. The van der Waals surface area contributed by atoms with Crippen LogP contribution in [0.15, 0.2) is 29.3 Å². The van der Waals surface area contributed by atoms with Crippen LogP contribution in [0.2, 0.25) is 0 Å². The van der Waals surface area contributed by atoms with Gasteiger partial charge in [0, 0.05) is 38.7 Å². The lowest BCUT2D eigenvalue weighted by molar-refractivity contribution is -0.127. The fourth-order valence-corrected chi connectivity index (χ4v) is 2.92. The highest BCUT2D eigenvalue weighted by atomic mass is 16.5. The number of amides is 1. The molecule has 1 fully saturated rings. The third-order valence-electron chi connectivity index (χ3n) is 4.30. The van der Waals surface area contributed by atoms with Crippen LogP contribution >= 0.6 is 0 Å². The van der Waals surface area contributed by atoms with Crippen molar-refractivity contribution in [2.75, 3.05) is 39.8 Å². The topological polar surface area (TPSA) is 75.2 Å². The van der Waals surface area contributed by atoms with Crippen molar-refractivity contribution >= 4 is 11.9 Å². The molecule has 7 nitrogen and oxygen atoms in total. The van der Waals surface area contributed by atoms with E-state index in [0.717, 1.165) is 56.5 Å². The molecule has 0 spiro atoms. The van der Waals surface area contributed by atoms with Crippen molar-refractivity contribution in [3.05, 3.63) is 24.3 Å². The highest BCUT2D eigenvalue weighted by Crippen LogP contribution is 2.19. The summed E-state index contributed by atoms with van der Waals surface area (Å²) in [5.41, 5.74) is 0. The van der Waals surface area contributed by atoms with Gasteiger partial charge in [-0.3, -0.25) is 4.79 Å². The molecule has 1 amide bonds. The van der Waals surface area contributed by atoms with Gasteiger partial charge in [0.05, 0.1) is 13.7 Å². The van der Waals surface area contributed by atoms with Gasteiger partial charge in [0.2, 0.25) is 5.91 Å². The van der Waals surface area contributed by atoms with Crippen molar-refractivity contribution in [1.82, 2.24) is 15.5 Å². The molecule has 1 heterocycles. The van der Waals surface area contributed by atoms with E-state index in [4.69, 9.17) is 9.47 Å². The summed E-state index contributed by atoms with van der Waals surface area (Å²) in [7, 11) is 1.64. The first-order valence-electron chi connectivity index (χ1n) is 9.73. The van der Waals surface area contributed by atoms with E-state index in [1.807, 2.05) is 43.0 Å². The molecule has 0 saturated carbocycles. The number of guanidine groups is 1. The van der Waals surface area contributed by atoms with Crippen LogP contribution in [-0.4, -0.2) is 62.7 Å². The third kappa shape index (κ3) is 7.37. The molecule has 1 aromatic carbocycles. The highest BCUT2D eigenvalue weighted by molar-refractivity contribution is 5.79. The largest absolute Gasteiger partial charge is 0.497 e. The Hall–Kier alpha value is -2.44. The summed E-state index contributed by atoms with van der Waals surface area (Å²) in [5, 5.41) is 6.56. The van der Waals surface area contributed by atoms with Crippen LogP contribution in [0.25, 0.3) is 0 Å². The molecule has 1 aromatic rings. The van der Waals surface area contributed by atoms with Gasteiger partial charge in [-0.05, 0) is 38.8 Å². The van der Waals surface area contributed by atoms with Crippen LogP contribution in [0.1, 0.15) is 33.1 Å². The maximum absolute atomic E-state index is 11.6. The summed E-state index contributed by atoms with van der Waals surface area (Å²) in [6, 6.07) is 7.56. The zero-order chi connectivity index (χ0) is 19.5. The molecule has 7 heteroatoms. The van der Waals surface area contributed by atoms with Gasteiger partial charge in [-0.25, -0.2) is 4.99 Å². The number of aliphatic imine (C=N–C) groups is 1. The fraction of sp³-hybridized carbons (Fsp3) is 0.600. The summed E-state index contributed by atoms with van der Waals surface area (Å²) in [4.78, 5) is 18.2. The number of nitrogens with zero attached hydrogens (tertiary/aromatic N) is 2. The van der Waals surface area contributed by atoms with Gasteiger partial charge in [-0.1, -0.05) is 6.07 Å². The van der Waals surface area contributed by atoms with Crippen molar-refractivity contribution in [2.45, 2.75) is 39.2 Å². The standard InChI is InChI=1S/C20H32N4O3/c1-4-21-20(22-11-7-13-24-12-6-10-19(24)25)23-15-16(2)27-18-9-5-8-17(14-18)26-3/h5,8-9,14,16H,4,6-7,10-13,15H2,1-3H3,(H2,21,22,23). The summed E-state index contributed by atoms with van der Waals surface area (Å²) in [5.74, 6) is 2.59. The molecule has 2 rings (SSSR count). The first-order valence-corrected chi connectivity index (χ1v) is 9.73. The lowest BCUT2D eigenvalue weighted by Gasteiger charge is -2.17. The maximum Gasteiger partial charge on any atom is 0.222 e. The summed E-state index contributed by atoms with van der Waals surface area (Å²) < 4.78 is 11.1. The molecule has 0 radical (unpaired) electrons. The van der Waals surface area contributed by atoms with Crippen molar-refractivity contribution in [2.24, 2.45) is 4.99 Å². The molecule has 1 saturated heterocycles. The third-order valence-corrected chi connectivity index (χ3v) is 4.30. The van der Waals surface area contributed by atoms with E-state index in [9.17, 15) is 4.79 Å². The molecule has 1 aliphatic rings. The van der Waals surface area contributed by atoms with Crippen LogP contribution < -0.4 is 20.1 Å². The number of carbonyl (C=O) groups excluding carboxylic acids is 1. The molecule has 27 heavy (non-hydrogen) atoms. The molecule has 150 valence electrons. The number of carbonyl (C=O) groups is 1. The second-order valence-corrected chi connectivity index (χ2v) is 6.59. The molecule has 0 bridgehead atoms. The van der Waals surface area contributed by atoms with Gasteiger partial charge in [-0.15, -0.1) is 0 Å². The summed E-state index contributed by atoms with van der Waals surface area (Å²) in [6.45, 7) is 7.84. The van der Waals surface area contributed by atoms with Crippen LogP contribution in [0.4, 0.5) is 0 Å². The van der Waals surface area contributed by atoms with Crippen molar-refractivity contribution in [3.63, 3.8) is 0 Å². The molecule has 0 aliphatic carbocycles. The monoisotopic (exact) mass is 376 g/mol. The van der Waals surface area contributed by atoms with E-state index in [2.05, 4.69) is 15.6 Å². The maximum atomic E-state index is 11.6. The Morgan fingerprint density at radius 3 is 2.85 bits per heavy atom. The number of benzene rings is 1. The lowest BCUT2D eigenvalue weighted by atomic mass is 10.3. The normalized spacial score (nSPS) is 15.6. The molecule has 1 unspecified atom stereocenters. The number of nitrogens with one attached hydrogen (secondary N) is 2. The average Bonchev–Trinajstić information content (AvgIpc) is 3.08. The molecular weight excluding hydrogens is 344 g/mol. The Bertz CT molecular complexity index is 621. The molecule has 0 aromatic heterocycles. The molecule has 1 aliphatic heterocycles. The van der Waals surface area contributed by atoms with Crippen LogP contribution in [0.3, 0.4) is 0 Å². The van der Waals surface area contributed by atoms with E-state index < -0.39 is 0 Å². The first-order chi connectivity index (χ1) is 13.1. The Balaban J connectivity index is 1.74. The van der Waals surface area contributed by atoms with Gasteiger partial charge >= 0.3 is 0 Å². The number of ether oxygens (including phenoxy) is 2. The highest BCUT2D eigenvalue weighted by Gasteiger charge is 2.18. The van der Waals surface area contributed by atoms with Gasteiger partial charge in [-0.2, -0.15) is 0 Å². The zero-order valence-corrected chi connectivity index (χ0v) is 16.7. The van der Waals surface area contributed by atoms with Gasteiger partial charge < -0.3 is 25.0 Å². The molecule has 1 atom stereocenters. The number of hydrogen-bond acceptors (Lipinski definition) is 4. The lowest BCUT2D eigenvalue weighted by Crippen LogP contribution is -2.39. The quantitative estimate of drug-likeness (QED) is 0.371. The first kappa shape index (κ1) is 20.9. The Labute approximate surface area is 162 Å². The number of methoxy groups -OCH3 is 1. The van der Waals surface area contributed by atoms with Crippen molar-refractivity contribution in [1.29, 1.82) is 0 Å².